The highest BCUT2D eigenvalue weighted by atomic mass is 79.9. The fraction of sp³-hybridized carbons (Fsp3) is 0.500. The van der Waals surface area contributed by atoms with Crippen LogP contribution in [0.2, 0.25) is 0 Å². The third-order valence-corrected chi connectivity index (χ3v) is 4.83. The molecule has 0 N–H and O–H groups in total. The molecule has 1 aliphatic carbocycles. The number of hydrogen-bond acceptors (Lipinski definition) is 0. The van der Waals surface area contributed by atoms with Crippen LogP contribution < -0.4 is 0 Å². The monoisotopic (exact) mass is 292 g/mol. The van der Waals surface area contributed by atoms with Crippen LogP contribution in [-0.4, -0.2) is 0 Å². The van der Waals surface area contributed by atoms with E-state index in [1.54, 1.807) is 5.57 Å². The lowest BCUT2D eigenvalue weighted by Gasteiger charge is -2.29. The van der Waals surface area contributed by atoms with E-state index < -0.39 is 0 Å². The molecule has 0 aromatic heterocycles. The molecule has 0 nitrogen and oxygen atoms in total. The van der Waals surface area contributed by atoms with Gasteiger partial charge in [0.25, 0.3) is 0 Å². The zero-order valence-corrected chi connectivity index (χ0v) is 12.8. The molecule has 1 heteroatoms. The molecule has 0 spiro atoms. The second-order valence-corrected chi connectivity index (χ2v) is 7.12. The molecule has 0 bridgehead atoms. The molecule has 17 heavy (non-hydrogen) atoms. The molecule has 1 aromatic carbocycles. The fourth-order valence-electron chi connectivity index (χ4n) is 3.11. The van der Waals surface area contributed by atoms with Gasteiger partial charge in [0, 0.05) is 4.48 Å². The molecule has 1 aliphatic rings. The summed E-state index contributed by atoms with van der Waals surface area (Å²) < 4.78 is 1.30. The molecule has 92 valence electrons. The average molecular weight is 293 g/mol. The van der Waals surface area contributed by atoms with Crippen LogP contribution in [0.3, 0.4) is 0 Å². The van der Waals surface area contributed by atoms with E-state index >= 15 is 0 Å². The third kappa shape index (κ3) is 2.35. The van der Waals surface area contributed by atoms with Crippen LogP contribution in [0.15, 0.2) is 35.9 Å². The molecular formula is C16H21Br. The van der Waals surface area contributed by atoms with E-state index in [1.165, 1.54) is 22.9 Å². The first-order chi connectivity index (χ1) is 7.84. The zero-order chi connectivity index (χ0) is 12.7. The molecule has 0 unspecified atom stereocenters. The van der Waals surface area contributed by atoms with Gasteiger partial charge in [-0.05, 0) is 34.8 Å². The van der Waals surface area contributed by atoms with Gasteiger partial charge in [-0.15, -0.1) is 0 Å². The summed E-state index contributed by atoms with van der Waals surface area (Å²) >= 11 is 3.84. The van der Waals surface area contributed by atoms with Crippen molar-refractivity contribution in [2.45, 2.75) is 40.5 Å². The molecule has 2 rings (SSSR count). The standard InChI is InChI=1S/C16H21Br/c1-15(2)10-11-16(3,4)14(15)13(17)12-8-6-5-7-9-12/h5-9H,10-11H2,1-4H3. The molecule has 1 saturated carbocycles. The molecule has 0 amide bonds. The van der Waals surface area contributed by atoms with Gasteiger partial charge in [0.2, 0.25) is 0 Å². The largest absolute Gasteiger partial charge is 0.0622 e. The first-order valence-corrected chi connectivity index (χ1v) is 7.10. The maximum atomic E-state index is 3.84. The Balaban J connectivity index is 2.56. The van der Waals surface area contributed by atoms with E-state index in [9.17, 15) is 0 Å². The van der Waals surface area contributed by atoms with Gasteiger partial charge < -0.3 is 0 Å². The predicted molar refractivity (Wildman–Crippen MR) is 79.1 cm³/mol. The Morgan fingerprint density at radius 1 is 0.941 bits per heavy atom. The van der Waals surface area contributed by atoms with Crippen LogP contribution in [-0.2, 0) is 0 Å². The topological polar surface area (TPSA) is 0 Å². The molecule has 0 radical (unpaired) electrons. The summed E-state index contributed by atoms with van der Waals surface area (Å²) in [7, 11) is 0. The van der Waals surface area contributed by atoms with Gasteiger partial charge in [0.05, 0.1) is 0 Å². The molecule has 1 fully saturated rings. The smallest absolute Gasteiger partial charge is 0.0250 e. The SMILES string of the molecule is CC1(C)CCC(C)(C)C1=C(Br)c1ccccc1. The van der Waals surface area contributed by atoms with Crippen LogP contribution in [0.5, 0.6) is 0 Å². The molecule has 1 aromatic rings. The molecule has 0 atom stereocenters. The van der Waals surface area contributed by atoms with Gasteiger partial charge in [-0.3, -0.25) is 0 Å². The first kappa shape index (κ1) is 12.9. The first-order valence-electron chi connectivity index (χ1n) is 6.31. The summed E-state index contributed by atoms with van der Waals surface area (Å²) in [6, 6.07) is 10.6. The van der Waals surface area contributed by atoms with Gasteiger partial charge in [-0.2, -0.15) is 0 Å². The molecule has 0 heterocycles. The van der Waals surface area contributed by atoms with Crippen LogP contribution >= 0.6 is 15.9 Å². The summed E-state index contributed by atoms with van der Waals surface area (Å²) in [5.74, 6) is 0. The number of benzene rings is 1. The maximum absolute atomic E-state index is 3.84. The van der Waals surface area contributed by atoms with Gasteiger partial charge in [0.1, 0.15) is 0 Å². The Morgan fingerprint density at radius 3 is 1.88 bits per heavy atom. The van der Waals surface area contributed by atoms with Gasteiger partial charge in [-0.25, -0.2) is 0 Å². The van der Waals surface area contributed by atoms with Crippen molar-refractivity contribution in [3.05, 3.63) is 41.5 Å². The van der Waals surface area contributed by atoms with Crippen molar-refractivity contribution in [2.75, 3.05) is 0 Å². The quantitative estimate of drug-likeness (QED) is 0.628. The van der Waals surface area contributed by atoms with E-state index in [4.69, 9.17) is 0 Å². The van der Waals surface area contributed by atoms with Crippen molar-refractivity contribution in [1.29, 1.82) is 0 Å². The average Bonchev–Trinajstić information content (AvgIpc) is 2.49. The van der Waals surface area contributed by atoms with E-state index in [0.29, 0.717) is 10.8 Å². The Bertz CT molecular complexity index is 420. The summed E-state index contributed by atoms with van der Waals surface area (Å²) in [6.07, 6.45) is 2.55. The highest BCUT2D eigenvalue weighted by Gasteiger charge is 2.43. The van der Waals surface area contributed by atoms with Crippen LogP contribution in [0.25, 0.3) is 4.48 Å². The lowest BCUT2D eigenvalue weighted by atomic mass is 9.77. The van der Waals surface area contributed by atoms with Crippen molar-refractivity contribution < 1.29 is 0 Å². The minimum Gasteiger partial charge on any atom is -0.0622 e. The second kappa shape index (κ2) is 4.28. The summed E-state index contributed by atoms with van der Waals surface area (Å²) in [6.45, 7) is 9.45. The van der Waals surface area contributed by atoms with Crippen LogP contribution in [0, 0.1) is 10.8 Å². The Hall–Kier alpha value is -0.560. The minimum absolute atomic E-state index is 0.304. The Kier molecular flexibility index (Phi) is 3.24. The molecule has 0 saturated heterocycles. The lowest BCUT2D eigenvalue weighted by molar-refractivity contribution is 0.449. The van der Waals surface area contributed by atoms with Crippen molar-refractivity contribution >= 4 is 20.4 Å². The van der Waals surface area contributed by atoms with Gasteiger partial charge in [-0.1, -0.05) is 74.0 Å². The fourth-order valence-corrected chi connectivity index (χ4v) is 4.45. The highest BCUT2D eigenvalue weighted by Crippen LogP contribution is 2.56. The van der Waals surface area contributed by atoms with Crippen molar-refractivity contribution in [2.24, 2.45) is 10.8 Å². The number of hydrogen-bond donors (Lipinski definition) is 0. The van der Waals surface area contributed by atoms with E-state index in [2.05, 4.69) is 74.0 Å². The maximum Gasteiger partial charge on any atom is 0.0250 e. The second-order valence-electron chi connectivity index (χ2n) is 6.32. The molecule has 0 aliphatic heterocycles. The lowest BCUT2D eigenvalue weighted by Crippen LogP contribution is -2.17. The zero-order valence-electron chi connectivity index (χ0n) is 11.2. The summed E-state index contributed by atoms with van der Waals surface area (Å²) in [5.41, 5.74) is 3.47. The van der Waals surface area contributed by atoms with Crippen LogP contribution in [0.1, 0.15) is 46.1 Å². The van der Waals surface area contributed by atoms with E-state index in [1.807, 2.05) is 0 Å². The van der Waals surface area contributed by atoms with Gasteiger partial charge >= 0.3 is 0 Å². The summed E-state index contributed by atoms with van der Waals surface area (Å²) in [5, 5.41) is 0. The van der Waals surface area contributed by atoms with Crippen molar-refractivity contribution in [3.63, 3.8) is 0 Å². The normalized spacial score (nSPS) is 21.6. The van der Waals surface area contributed by atoms with Crippen molar-refractivity contribution in [1.82, 2.24) is 0 Å². The molecular weight excluding hydrogens is 272 g/mol. The van der Waals surface area contributed by atoms with Crippen LogP contribution in [0.4, 0.5) is 0 Å². The number of halogens is 1. The minimum atomic E-state index is 0.304. The summed E-state index contributed by atoms with van der Waals surface area (Å²) in [4.78, 5) is 0. The highest BCUT2D eigenvalue weighted by molar-refractivity contribution is 9.15. The number of allylic oxidation sites excluding steroid dienone is 1. The van der Waals surface area contributed by atoms with E-state index in [0.717, 1.165) is 0 Å². The third-order valence-electron chi connectivity index (χ3n) is 3.98. The number of rotatable bonds is 1. The Morgan fingerprint density at radius 2 is 1.41 bits per heavy atom. The van der Waals surface area contributed by atoms with E-state index in [-0.39, 0.29) is 0 Å². The van der Waals surface area contributed by atoms with Crippen molar-refractivity contribution in [3.8, 4) is 0 Å². The van der Waals surface area contributed by atoms with Gasteiger partial charge in [0.15, 0.2) is 0 Å². The predicted octanol–water partition coefficient (Wildman–Crippen LogP) is 5.64. The Labute approximate surface area is 113 Å².